The van der Waals surface area contributed by atoms with Gasteiger partial charge < -0.3 is 0 Å². The van der Waals surface area contributed by atoms with E-state index in [9.17, 15) is 0 Å². The number of hydrazine groups is 2. The summed E-state index contributed by atoms with van der Waals surface area (Å²) in [6.45, 7) is 0. The third kappa shape index (κ3) is 2.59. The number of hydrogen-bond acceptors (Lipinski definition) is 5. The number of rotatable bonds is 4. The average Bonchev–Trinajstić information content (AvgIpc) is 2.00. The monoisotopic (exact) mass is 149 g/mol. The Morgan fingerprint density at radius 1 is 0.800 bits per heavy atom. The van der Waals surface area contributed by atoms with E-state index in [0.29, 0.717) is 0 Å². The molecule has 0 aliphatic heterocycles. The number of hydroxylamine groups is 2. The van der Waals surface area contributed by atoms with Gasteiger partial charge in [0.15, 0.2) is 0 Å². The van der Waals surface area contributed by atoms with Gasteiger partial charge in [-0.3, -0.25) is 9.68 Å². The molecule has 10 heavy (non-hydrogen) atoms. The largest absolute Gasteiger partial charge is 0.286 e. The van der Waals surface area contributed by atoms with Gasteiger partial charge in [0.05, 0.1) is 14.2 Å². The van der Waals surface area contributed by atoms with E-state index in [0.717, 1.165) is 0 Å². The maximum atomic E-state index is 4.87. The Balaban J connectivity index is 3.69. The second-order valence-corrected chi connectivity index (χ2v) is 1.78. The van der Waals surface area contributed by atoms with Crippen molar-refractivity contribution < 1.29 is 9.68 Å². The van der Waals surface area contributed by atoms with Crippen molar-refractivity contribution in [3.8, 4) is 0 Å². The van der Waals surface area contributed by atoms with Crippen LogP contribution in [0.25, 0.3) is 0 Å². The standard InChI is InChI=1S/C5H15N3O2/c1-6(7(2)9-4)8(3)10-5/h1-5H3. The van der Waals surface area contributed by atoms with Crippen molar-refractivity contribution in [2.45, 2.75) is 0 Å². The molecule has 62 valence electrons. The molecular formula is C5H15N3O2. The maximum Gasteiger partial charge on any atom is 0.0592 e. The first kappa shape index (κ1) is 9.80. The molecule has 0 bridgehead atoms. The molecule has 5 heteroatoms. The van der Waals surface area contributed by atoms with Gasteiger partial charge in [0.1, 0.15) is 0 Å². The molecule has 0 aliphatic rings. The van der Waals surface area contributed by atoms with Crippen LogP contribution in [0.1, 0.15) is 0 Å². The highest BCUT2D eigenvalue weighted by Gasteiger charge is 2.08. The molecule has 0 spiro atoms. The maximum absolute atomic E-state index is 4.87. The van der Waals surface area contributed by atoms with Crippen LogP contribution in [-0.2, 0) is 9.68 Å². The molecule has 0 aromatic rings. The van der Waals surface area contributed by atoms with Crippen LogP contribution < -0.4 is 0 Å². The smallest absolute Gasteiger partial charge is 0.0592 e. The summed E-state index contributed by atoms with van der Waals surface area (Å²) in [5, 5.41) is 4.73. The average molecular weight is 149 g/mol. The van der Waals surface area contributed by atoms with E-state index in [1.807, 2.05) is 7.05 Å². The molecule has 0 fully saturated rings. The molecule has 0 saturated carbocycles. The highest BCUT2D eigenvalue weighted by Crippen LogP contribution is 1.93. The Kier molecular flexibility index (Phi) is 4.50. The minimum atomic E-state index is 1.53. The summed E-state index contributed by atoms with van der Waals surface area (Å²) in [6, 6.07) is 0. The molecule has 0 saturated heterocycles. The zero-order valence-corrected chi connectivity index (χ0v) is 7.16. The zero-order chi connectivity index (χ0) is 8.15. The van der Waals surface area contributed by atoms with Crippen LogP contribution in [0.3, 0.4) is 0 Å². The predicted molar refractivity (Wildman–Crippen MR) is 37.3 cm³/mol. The normalized spacial score (nSPS) is 12.0. The molecule has 0 heterocycles. The molecule has 0 aromatic carbocycles. The molecule has 0 rings (SSSR count). The number of hydrogen-bond donors (Lipinski definition) is 0. The Labute approximate surface area is 61.6 Å². The minimum absolute atomic E-state index is 1.53. The van der Waals surface area contributed by atoms with Gasteiger partial charge in [-0.25, -0.2) is 0 Å². The van der Waals surface area contributed by atoms with E-state index >= 15 is 0 Å². The molecular weight excluding hydrogens is 134 g/mol. The fourth-order valence-electron chi connectivity index (χ4n) is 0.414. The van der Waals surface area contributed by atoms with Gasteiger partial charge in [-0.1, -0.05) is 0 Å². The van der Waals surface area contributed by atoms with Crippen molar-refractivity contribution in [3.05, 3.63) is 0 Å². The van der Waals surface area contributed by atoms with E-state index in [-0.39, 0.29) is 0 Å². The van der Waals surface area contributed by atoms with Gasteiger partial charge in [0.25, 0.3) is 0 Å². The topological polar surface area (TPSA) is 28.2 Å². The van der Waals surface area contributed by atoms with Crippen molar-refractivity contribution in [2.75, 3.05) is 35.4 Å². The molecule has 0 atom stereocenters. The SMILES string of the molecule is CON(C)N(C)N(C)OC. The quantitative estimate of drug-likeness (QED) is 0.513. The Morgan fingerprint density at radius 2 is 1.10 bits per heavy atom. The van der Waals surface area contributed by atoms with Crippen LogP contribution in [0.15, 0.2) is 0 Å². The predicted octanol–water partition coefficient (Wildman–Crippen LogP) is -0.265. The summed E-state index contributed by atoms with van der Waals surface area (Å²) in [5.41, 5.74) is 0. The van der Waals surface area contributed by atoms with Gasteiger partial charge in [-0.15, -0.1) is 15.5 Å². The van der Waals surface area contributed by atoms with Crippen LogP contribution in [0.4, 0.5) is 0 Å². The fourth-order valence-corrected chi connectivity index (χ4v) is 0.414. The molecule has 0 radical (unpaired) electrons. The van der Waals surface area contributed by atoms with Crippen molar-refractivity contribution in [3.63, 3.8) is 0 Å². The van der Waals surface area contributed by atoms with E-state index < -0.39 is 0 Å². The lowest BCUT2D eigenvalue weighted by Crippen LogP contribution is -2.46. The summed E-state index contributed by atoms with van der Waals surface area (Å²) in [7, 11) is 8.53. The minimum Gasteiger partial charge on any atom is -0.286 e. The van der Waals surface area contributed by atoms with Gasteiger partial charge in [-0.2, -0.15) is 0 Å². The van der Waals surface area contributed by atoms with Gasteiger partial charge in [0.2, 0.25) is 0 Å². The van der Waals surface area contributed by atoms with E-state index in [1.165, 1.54) is 10.3 Å². The molecule has 5 nitrogen and oxygen atoms in total. The Morgan fingerprint density at radius 3 is 1.30 bits per heavy atom. The van der Waals surface area contributed by atoms with Crippen LogP contribution in [0, 0.1) is 0 Å². The zero-order valence-electron chi connectivity index (χ0n) is 7.16. The number of nitrogens with zero attached hydrogens (tertiary/aromatic N) is 3. The molecule has 0 aliphatic carbocycles. The summed E-state index contributed by atoms with van der Waals surface area (Å²) in [4.78, 5) is 9.75. The van der Waals surface area contributed by atoms with Gasteiger partial charge in [-0.05, 0) is 0 Å². The lowest BCUT2D eigenvalue weighted by Gasteiger charge is -2.31. The van der Waals surface area contributed by atoms with Crippen LogP contribution in [-0.4, -0.2) is 50.8 Å². The molecule has 0 aromatic heterocycles. The van der Waals surface area contributed by atoms with E-state index in [4.69, 9.17) is 9.68 Å². The first-order valence-corrected chi connectivity index (χ1v) is 2.92. The van der Waals surface area contributed by atoms with Crippen molar-refractivity contribution in [1.29, 1.82) is 0 Å². The lowest BCUT2D eigenvalue weighted by atomic mass is 11.2. The van der Waals surface area contributed by atoms with Gasteiger partial charge >= 0.3 is 0 Å². The summed E-state index contributed by atoms with van der Waals surface area (Å²) < 4.78 is 0. The highest BCUT2D eigenvalue weighted by molar-refractivity contribution is 4.18. The first-order chi connectivity index (χ1) is 4.63. The summed E-state index contributed by atoms with van der Waals surface area (Å²) >= 11 is 0. The van der Waals surface area contributed by atoms with E-state index in [1.54, 1.807) is 33.4 Å². The highest BCUT2D eigenvalue weighted by atomic mass is 16.8. The van der Waals surface area contributed by atoms with Gasteiger partial charge in [0, 0.05) is 21.1 Å². The second kappa shape index (κ2) is 4.59. The van der Waals surface area contributed by atoms with E-state index in [2.05, 4.69) is 0 Å². The summed E-state index contributed by atoms with van der Waals surface area (Å²) in [6.07, 6.45) is 0. The molecule has 0 N–H and O–H groups in total. The van der Waals surface area contributed by atoms with Crippen LogP contribution >= 0.6 is 0 Å². The fraction of sp³-hybridized carbons (Fsp3) is 1.00. The molecule has 0 amide bonds. The first-order valence-electron chi connectivity index (χ1n) is 2.92. The van der Waals surface area contributed by atoms with Crippen LogP contribution in [0.5, 0.6) is 0 Å². The second-order valence-electron chi connectivity index (χ2n) is 1.78. The summed E-state index contributed by atoms with van der Waals surface area (Å²) in [5.74, 6) is 0. The van der Waals surface area contributed by atoms with Crippen molar-refractivity contribution >= 4 is 0 Å². The third-order valence-corrected chi connectivity index (χ3v) is 1.34. The third-order valence-electron chi connectivity index (χ3n) is 1.34. The van der Waals surface area contributed by atoms with Crippen molar-refractivity contribution in [2.24, 2.45) is 0 Å². The molecule has 0 unspecified atom stereocenters. The Hall–Kier alpha value is -0.200. The Bertz CT molecular complexity index is 81.0. The van der Waals surface area contributed by atoms with Crippen molar-refractivity contribution in [1.82, 2.24) is 15.5 Å². The lowest BCUT2D eigenvalue weighted by molar-refractivity contribution is -0.389. The van der Waals surface area contributed by atoms with Crippen LogP contribution in [0.2, 0.25) is 0 Å².